The summed E-state index contributed by atoms with van der Waals surface area (Å²) in [6.07, 6.45) is 0.583. The van der Waals surface area contributed by atoms with E-state index in [-0.39, 0.29) is 5.97 Å². The zero-order valence-electron chi connectivity index (χ0n) is 11.2. The van der Waals surface area contributed by atoms with E-state index in [0.717, 1.165) is 15.7 Å². The first-order valence-electron chi connectivity index (χ1n) is 6.33. The van der Waals surface area contributed by atoms with E-state index in [0.29, 0.717) is 6.42 Å². The molecule has 0 aromatic heterocycles. The first-order chi connectivity index (χ1) is 9.69. The van der Waals surface area contributed by atoms with Crippen LogP contribution in [0.2, 0.25) is 0 Å². The predicted molar refractivity (Wildman–Crippen MR) is 83.7 cm³/mol. The Morgan fingerprint density at radius 1 is 1.20 bits per heavy atom. The Hall–Kier alpha value is -1.81. The van der Waals surface area contributed by atoms with Crippen LogP contribution in [0.1, 0.15) is 5.56 Å². The van der Waals surface area contributed by atoms with E-state index in [1.165, 1.54) is 7.11 Å². The molecule has 0 radical (unpaired) electrons. The normalized spacial score (nSPS) is 11.7. The number of benzene rings is 2. The largest absolute Gasteiger partial charge is 0.467 e. The topological polar surface area (TPSA) is 38.3 Å². The molecule has 2 aromatic rings. The third-order valence-electron chi connectivity index (χ3n) is 2.93. The Kier molecular flexibility index (Phi) is 5.18. The van der Waals surface area contributed by atoms with Crippen molar-refractivity contribution in [3.63, 3.8) is 0 Å². The monoisotopic (exact) mass is 333 g/mol. The lowest BCUT2D eigenvalue weighted by atomic mass is 10.1. The maximum Gasteiger partial charge on any atom is 0.328 e. The molecule has 0 saturated heterocycles. The van der Waals surface area contributed by atoms with Gasteiger partial charge in [0.25, 0.3) is 0 Å². The van der Waals surface area contributed by atoms with Gasteiger partial charge in [-0.25, -0.2) is 4.79 Å². The average Bonchev–Trinajstić information content (AvgIpc) is 2.47. The molecule has 0 amide bonds. The zero-order valence-corrected chi connectivity index (χ0v) is 12.8. The van der Waals surface area contributed by atoms with Crippen LogP contribution in [-0.2, 0) is 16.0 Å². The van der Waals surface area contributed by atoms with E-state index >= 15 is 0 Å². The molecule has 4 heteroatoms. The van der Waals surface area contributed by atoms with E-state index in [4.69, 9.17) is 4.74 Å². The number of halogens is 1. The predicted octanol–water partition coefficient (Wildman–Crippen LogP) is 3.65. The molecule has 0 aliphatic heterocycles. The van der Waals surface area contributed by atoms with Gasteiger partial charge in [0.1, 0.15) is 6.04 Å². The summed E-state index contributed by atoms with van der Waals surface area (Å²) in [7, 11) is 1.41. The van der Waals surface area contributed by atoms with Crippen molar-refractivity contribution in [1.82, 2.24) is 0 Å². The number of rotatable bonds is 5. The van der Waals surface area contributed by atoms with Gasteiger partial charge in [-0.05, 0) is 23.8 Å². The molecule has 0 heterocycles. The van der Waals surface area contributed by atoms with E-state index in [1.54, 1.807) is 0 Å². The lowest BCUT2D eigenvalue weighted by Gasteiger charge is -2.18. The number of nitrogens with one attached hydrogen (secondary N) is 1. The third kappa shape index (κ3) is 4.10. The quantitative estimate of drug-likeness (QED) is 0.849. The molecule has 3 nitrogen and oxygen atoms in total. The van der Waals surface area contributed by atoms with E-state index in [2.05, 4.69) is 21.2 Å². The lowest BCUT2D eigenvalue weighted by molar-refractivity contribution is -0.141. The van der Waals surface area contributed by atoms with Crippen LogP contribution in [-0.4, -0.2) is 19.1 Å². The number of anilines is 1. The fourth-order valence-corrected chi connectivity index (χ4v) is 2.36. The van der Waals surface area contributed by atoms with Crippen molar-refractivity contribution < 1.29 is 9.53 Å². The number of hydrogen-bond acceptors (Lipinski definition) is 3. The highest BCUT2D eigenvalue weighted by Crippen LogP contribution is 2.18. The maximum absolute atomic E-state index is 11.9. The highest BCUT2D eigenvalue weighted by Gasteiger charge is 2.19. The summed E-state index contributed by atoms with van der Waals surface area (Å²) >= 11 is 3.42. The van der Waals surface area contributed by atoms with Crippen LogP contribution in [0.4, 0.5) is 5.69 Å². The number of ether oxygens (including phenoxy) is 1. The second kappa shape index (κ2) is 7.10. The van der Waals surface area contributed by atoms with E-state index < -0.39 is 6.04 Å². The minimum Gasteiger partial charge on any atom is -0.467 e. The van der Waals surface area contributed by atoms with Crippen LogP contribution in [0.3, 0.4) is 0 Å². The second-order valence-electron chi connectivity index (χ2n) is 4.42. The molecule has 20 heavy (non-hydrogen) atoms. The lowest BCUT2D eigenvalue weighted by Crippen LogP contribution is -2.32. The van der Waals surface area contributed by atoms with Crippen LogP contribution in [0.5, 0.6) is 0 Å². The van der Waals surface area contributed by atoms with Crippen LogP contribution < -0.4 is 5.32 Å². The fourth-order valence-electron chi connectivity index (χ4n) is 1.96. The van der Waals surface area contributed by atoms with Crippen LogP contribution >= 0.6 is 15.9 Å². The van der Waals surface area contributed by atoms with Crippen LogP contribution in [0, 0.1) is 0 Å². The van der Waals surface area contributed by atoms with Crippen molar-refractivity contribution in [2.45, 2.75) is 12.5 Å². The van der Waals surface area contributed by atoms with Crippen molar-refractivity contribution in [3.05, 3.63) is 64.6 Å². The summed E-state index contributed by atoms with van der Waals surface area (Å²) in [6, 6.07) is 17.2. The summed E-state index contributed by atoms with van der Waals surface area (Å²) in [5, 5.41) is 3.21. The molecule has 0 spiro atoms. The highest BCUT2D eigenvalue weighted by molar-refractivity contribution is 9.10. The zero-order chi connectivity index (χ0) is 14.4. The summed E-state index contributed by atoms with van der Waals surface area (Å²) in [5.41, 5.74) is 1.97. The molecule has 2 aromatic carbocycles. The smallest absolute Gasteiger partial charge is 0.328 e. The summed E-state index contributed by atoms with van der Waals surface area (Å²) in [6.45, 7) is 0. The highest BCUT2D eigenvalue weighted by atomic mass is 79.9. The standard InChI is InChI=1S/C16H16BrNO2/c1-20-16(19)15(10-12-6-3-2-4-7-12)18-14-9-5-8-13(17)11-14/h2-9,11,15,18H,10H2,1H3. The van der Waals surface area contributed by atoms with Gasteiger partial charge in [-0.1, -0.05) is 52.3 Å². The molecule has 0 fully saturated rings. The van der Waals surface area contributed by atoms with Gasteiger partial charge < -0.3 is 10.1 Å². The fraction of sp³-hybridized carbons (Fsp3) is 0.188. The Labute approximate surface area is 127 Å². The van der Waals surface area contributed by atoms with Crippen LogP contribution in [0.15, 0.2) is 59.1 Å². The van der Waals surface area contributed by atoms with E-state index in [1.807, 2.05) is 54.6 Å². The Morgan fingerprint density at radius 3 is 2.60 bits per heavy atom. The number of methoxy groups -OCH3 is 1. The van der Waals surface area contributed by atoms with E-state index in [9.17, 15) is 4.79 Å². The van der Waals surface area contributed by atoms with Gasteiger partial charge in [0.15, 0.2) is 0 Å². The maximum atomic E-state index is 11.9. The molecule has 0 aliphatic rings. The molecule has 2 rings (SSSR count). The number of esters is 1. The number of carbonyl (C=O) groups is 1. The molecular formula is C16H16BrNO2. The molecular weight excluding hydrogens is 318 g/mol. The SMILES string of the molecule is COC(=O)C(Cc1ccccc1)Nc1cccc(Br)c1. The average molecular weight is 334 g/mol. The van der Waals surface area contributed by atoms with Crippen molar-refractivity contribution in [3.8, 4) is 0 Å². The van der Waals surface area contributed by atoms with Gasteiger partial charge in [-0.15, -0.1) is 0 Å². The number of carbonyl (C=O) groups excluding carboxylic acids is 1. The molecule has 104 valence electrons. The minimum atomic E-state index is -0.406. The first-order valence-corrected chi connectivity index (χ1v) is 7.12. The van der Waals surface area contributed by atoms with Crippen molar-refractivity contribution in [1.29, 1.82) is 0 Å². The molecule has 1 atom stereocenters. The Balaban J connectivity index is 2.14. The van der Waals surface area contributed by atoms with Gasteiger partial charge in [-0.2, -0.15) is 0 Å². The van der Waals surface area contributed by atoms with Crippen molar-refractivity contribution >= 4 is 27.6 Å². The van der Waals surface area contributed by atoms with Gasteiger partial charge in [0, 0.05) is 16.6 Å². The molecule has 0 aliphatic carbocycles. The van der Waals surface area contributed by atoms with Gasteiger partial charge >= 0.3 is 5.97 Å². The molecule has 1 unspecified atom stereocenters. The van der Waals surface area contributed by atoms with Crippen LogP contribution in [0.25, 0.3) is 0 Å². The van der Waals surface area contributed by atoms with Gasteiger partial charge in [-0.3, -0.25) is 0 Å². The third-order valence-corrected chi connectivity index (χ3v) is 3.43. The van der Waals surface area contributed by atoms with Crippen molar-refractivity contribution in [2.75, 3.05) is 12.4 Å². The summed E-state index contributed by atoms with van der Waals surface area (Å²) < 4.78 is 5.84. The molecule has 0 bridgehead atoms. The Morgan fingerprint density at radius 2 is 1.95 bits per heavy atom. The summed E-state index contributed by atoms with van der Waals surface area (Å²) in [5.74, 6) is -0.270. The Bertz CT molecular complexity index is 572. The van der Waals surface area contributed by atoms with Crippen molar-refractivity contribution in [2.24, 2.45) is 0 Å². The minimum absolute atomic E-state index is 0.270. The second-order valence-corrected chi connectivity index (χ2v) is 5.34. The summed E-state index contributed by atoms with van der Waals surface area (Å²) in [4.78, 5) is 11.9. The molecule has 0 saturated carbocycles. The molecule has 1 N–H and O–H groups in total. The van der Waals surface area contributed by atoms with Gasteiger partial charge in [0.05, 0.1) is 7.11 Å². The number of hydrogen-bond donors (Lipinski definition) is 1. The van der Waals surface area contributed by atoms with Gasteiger partial charge in [0.2, 0.25) is 0 Å². The first kappa shape index (κ1) is 14.6.